The molecule has 0 unspecified atom stereocenters. The maximum atomic E-state index is 13.0. The predicted octanol–water partition coefficient (Wildman–Crippen LogP) is 3.01. The van der Waals surface area contributed by atoms with Gasteiger partial charge in [-0.15, -0.1) is 0 Å². The van der Waals surface area contributed by atoms with Crippen LogP contribution in [-0.4, -0.2) is 47.9 Å². The van der Waals surface area contributed by atoms with Crippen LogP contribution >= 0.6 is 15.9 Å². The highest BCUT2D eigenvalue weighted by Crippen LogP contribution is 2.35. The van der Waals surface area contributed by atoms with Gasteiger partial charge in [0, 0.05) is 37.7 Å². The standard InChI is InChI=1S/C13H17BrF3N3/c14-4-8-19-6-2-7-20(10-9-19)12-11(13(15,16)17)3-1-5-18-12/h1,3,5H,2,4,6-10H2. The van der Waals surface area contributed by atoms with Gasteiger partial charge in [-0.05, 0) is 25.1 Å². The highest BCUT2D eigenvalue weighted by molar-refractivity contribution is 9.09. The molecule has 20 heavy (non-hydrogen) atoms. The fraction of sp³-hybridized carbons (Fsp3) is 0.615. The van der Waals surface area contributed by atoms with Crippen LogP contribution < -0.4 is 4.90 Å². The number of pyridine rings is 1. The maximum absolute atomic E-state index is 13.0. The summed E-state index contributed by atoms with van der Waals surface area (Å²) in [5.74, 6) is 0.0562. The first-order valence-electron chi connectivity index (χ1n) is 6.58. The first-order chi connectivity index (χ1) is 9.52. The van der Waals surface area contributed by atoms with E-state index in [4.69, 9.17) is 0 Å². The third kappa shape index (κ3) is 3.85. The summed E-state index contributed by atoms with van der Waals surface area (Å²) in [6, 6.07) is 2.44. The summed E-state index contributed by atoms with van der Waals surface area (Å²) in [5, 5.41) is 0.879. The molecule has 2 rings (SSSR count). The highest BCUT2D eigenvalue weighted by atomic mass is 79.9. The summed E-state index contributed by atoms with van der Waals surface area (Å²) in [7, 11) is 0. The first kappa shape index (κ1) is 15.6. The molecule has 7 heteroatoms. The smallest absolute Gasteiger partial charge is 0.355 e. The van der Waals surface area contributed by atoms with Crippen LogP contribution in [0.25, 0.3) is 0 Å². The lowest BCUT2D eigenvalue weighted by Gasteiger charge is -2.25. The van der Waals surface area contributed by atoms with E-state index in [1.165, 1.54) is 12.3 Å². The molecule has 0 bridgehead atoms. The van der Waals surface area contributed by atoms with Crippen molar-refractivity contribution in [2.24, 2.45) is 0 Å². The molecule has 1 aromatic rings. The normalized spacial score (nSPS) is 18.1. The van der Waals surface area contributed by atoms with Gasteiger partial charge in [0.25, 0.3) is 0 Å². The van der Waals surface area contributed by atoms with Crippen molar-refractivity contribution in [3.05, 3.63) is 23.9 Å². The van der Waals surface area contributed by atoms with Gasteiger partial charge in [-0.25, -0.2) is 4.98 Å². The number of aromatic nitrogens is 1. The minimum Gasteiger partial charge on any atom is -0.355 e. The fourth-order valence-corrected chi connectivity index (χ4v) is 2.90. The fourth-order valence-electron chi connectivity index (χ4n) is 2.40. The van der Waals surface area contributed by atoms with Crippen molar-refractivity contribution in [2.75, 3.05) is 43.0 Å². The Balaban J connectivity index is 2.16. The number of hydrogen-bond acceptors (Lipinski definition) is 3. The molecule has 0 aromatic carbocycles. The molecule has 3 nitrogen and oxygen atoms in total. The second-order valence-electron chi connectivity index (χ2n) is 4.74. The average Bonchev–Trinajstić information content (AvgIpc) is 2.64. The Kier molecular flexibility index (Phi) is 5.26. The van der Waals surface area contributed by atoms with Crippen molar-refractivity contribution < 1.29 is 13.2 Å². The first-order valence-corrected chi connectivity index (χ1v) is 7.70. The Morgan fingerprint density at radius 3 is 2.70 bits per heavy atom. The van der Waals surface area contributed by atoms with E-state index in [2.05, 4.69) is 25.8 Å². The molecule has 1 aliphatic heterocycles. The minimum atomic E-state index is -4.36. The summed E-state index contributed by atoms with van der Waals surface area (Å²) in [6.07, 6.45) is -2.09. The molecule has 2 heterocycles. The van der Waals surface area contributed by atoms with Crippen molar-refractivity contribution in [3.8, 4) is 0 Å². The van der Waals surface area contributed by atoms with Crippen molar-refractivity contribution in [2.45, 2.75) is 12.6 Å². The molecular weight excluding hydrogens is 335 g/mol. The zero-order valence-electron chi connectivity index (χ0n) is 11.0. The quantitative estimate of drug-likeness (QED) is 0.780. The van der Waals surface area contributed by atoms with Gasteiger partial charge in [-0.2, -0.15) is 13.2 Å². The number of rotatable bonds is 3. The molecule has 1 aromatic heterocycles. The Morgan fingerprint density at radius 2 is 2.00 bits per heavy atom. The molecule has 1 aliphatic rings. The second kappa shape index (κ2) is 6.76. The molecular formula is C13H17BrF3N3. The number of halogens is 4. The van der Waals surface area contributed by atoms with Crippen LogP contribution in [0.2, 0.25) is 0 Å². The van der Waals surface area contributed by atoms with Gasteiger partial charge in [0.05, 0.1) is 5.56 Å². The van der Waals surface area contributed by atoms with Gasteiger partial charge in [0.15, 0.2) is 0 Å². The van der Waals surface area contributed by atoms with Gasteiger partial charge in [-0.1, -0.05) is 15.9 Å². The van der Waals surface area contributed by atoms with E-state index in [1.54, 1.807) is 4.90 Å². The topological polar surface area (TPSA) is 19.4 Å². The Hall–Kier alpha value is -0.820. The van der Waals surface area contributed by atoms with E-state index in [9.17, 15) is 13.2 Å². The van der Waals surface area contributed by atoms with Gasteiger partial charge in [0.1, 0.15) is 5.82 Å². The molecule has 0 saturated carbocycles. The third-order valence-electron chi connectivity index (χ3n) is 3.38. The molecule has 0 atom stereocenters. The van der Waals surface area contributed by atoms with Gasteiger partial charge in [-0.3, -0.25) is 0 Å². The molecule has 1 saturated heterocycles. The SMILES string of the molecule is FC(F)(F)c1cccnc1N1CCCN(CCBr)CC1. The van der Waals surface area contributed by atoms with E-state index in [-0.39, 0.29) is 5.82 Å². The number of anilines is 1. The summed E-state index contributed by atoms with van der Waals surface area (Å²) >= 11 is 3.39. The predicted molar refractivity (Wildman–Crippen MR) is 76.3 cm³/mol. The van der Waals surface area contributed by atoms with Crippen LogP contribution in [0.1, 0.15) is 12.0 Å². The summed E-state index contributed by atoms with van der Waals surface area (Å²) in [5.41, 5.74) is -0.644. The van der Waals surface area contributed by atoms with Crippen LogP contribution in [0.4, 0.5) is 19.0 Å². The number of hydrogen-bond donors (Lipinski definition) is 0. The van der Waals surface area contributed by atoms with Gasteiger partial charge in [0.2, 0.25) is 0 Å². The van der Waals surface area contributed by atoms with Crippen LogP contribution in [-0.2, 0) is 6.18 Å². The van der Waals surface area contributed by atoms with Crippen molar-refractivity contribution in [1.82, 2.24) is 9.88 Å². The highest BCUT2D eigenvalue weighted by Gasteiger charge is 2.35. The summed E-state index contributed by atoms with van der Waals surface area (Å²) in [4.78, 5) is 7.96. The van der Waals surface area contributed by atoms with Gasteiger partial charge < -0.3 is 9.80 Å². The molecule has 0 radical (unpaired) electrons. The van der Waals surface area contributed by atoms with Gasteiger partial charge >= 0.3 is 6.18 Å². The Bertz CT molecular complexity index is 439. The second-order valence-corrected chi connectivity index (χ2v) is 5.54. The lowest BCUT2D eigenvalue weighted by atomic mass is 10.2. The van der Waals surface area contributed by atoms with E-state index < -0.39 is 11.7 Å². The van der Waals surface area contributed by atoms with Crippen molar-refractivity contribution in [1.29, 1.82) is 0 Å². The van der Waals surface area contributed by atoms with Crippen LogP contribution in [0, 0.1) is 0 Å². The average molecular weight is 352 g/mol. The number of nitrogens with zero attached hydrogens (tertiary/aromatic N) is 3. The van der Waals surface area contributed by atoms with Crippen LogP contribution in [0.15, 0.2) is 18.3 Å². The zero-order valence-corrected chi connectivity index (χ0v) is 12.6. The monoisotopic (exact) mass is 351 g/mol. The minimum absolute atomic E-state index is 0.0562. The van der Waals surface area contributed by atoms with Crippen molar-refractivity contribution in [3.63, 3.8) is 0 Å². The molecule has 0 spiro atoms. The van der Waals surface area contributed by atoms with Crippen LogP contribution in [0.3, 0.4) is 0 Å². The van der Waals surface area contributed by atoms with E-state index in [0.717, 1.165) is 37.5 Å². The molecule has 0 N–H and O–H groups in total. The molecule has 0 aliphatic carbocycles. The summed E-state index contributed by atoms with van der Waals surface area (Å²) < 4.78 is 39.1. The zero-order chi connectivity index (χ0) is 14.6. The Morgan fingerprint density at radius 1 is 1.20 bits per heavy atom. The summed E-state index contributed by atoms with van der Waals surface area (Å²) in [6.45, 7) is 3.78. The van der Waals surface area contributed by atoms with Crippen LogP contribution in [0.5, 0.6) is 0 Å². The molecule has 112 valence electrons. The van der Waals surface area contributed by atoms with Crippen molar-refractivity contribution >= 4 is 21.7 Å². The lowest BCUT2D eigenvalue weighted by Crippen LogP contribution is -2.33. The molecule has 1 fully saturated rings. The number of alkyl halides is 4. The third-order valence-corrected chi connectivity index (χ3v) is 3.74. The largest absolute Gasteiger partial charge is 0.419 e. The molecule has 0 amide bonds. The van der Waals surface area contributed by atoms with E-state index >= 15 is 0 Å². The van der Waals surface area contributed by atoms with E-state index in [1.807, 2.05) is 0 Å². The van der Waals surface area contributed by atoms with E-state index in [0.29, 0.717) is 13.1 Å². The Labute approximate surface area is 124 Å². The lowest BCUT2D eigenvalue weighted by molar-refractivity contribution is -0.137. The maximum Gasteiger partial charge on any atom is 0.419 e.